The van der Waals surface area contributed by atoms with E-state index in [1.54, 1.807) is 26.2 Å². The van der Waals surface area contributed by atoms with E-state index < -0.39 is 5.60 Å². The second kappa shape index (κ2) is 5.72. The summed E-state index contributed by atoms with van der Waals surface area (Å²) in [6.07, 6.45) is 4.33. The molecule has 0 aliphatic heterocycles. The van der Waals surface area contributed by atoms with E-state index in [-0.39, 0.29) is 0 Å². The molecule has 0 unspecified atom stereocenters. The highest BCUT2D eigenvalue weighted by Gasteiger charge is 2.05. The van der Waals surface area contributed by atoms with E-state index in [1.165, 1.54) is 0 Å². The number of nitrogens with zero attached hydrogens (tertiary/aromatic N) is 1. The second-order valence-corrected chi connectivity index (χ2v) is 3.19. The van der Waals surface area contributed by atoms with Crippen molar-refractivity contribution in [2.24, 2.45) is 0 Å². The van der Waals surface area contributed by atoms with E-state index in [1.807, 2.05) is 25.1 Å². The van der Waals surface area contributed by atoms with Crippen LogP contribution in [-0.4, -0.2) is 15.7 Å². The van der Waals surface area contributed by atoms with Gasteiger partial charge in [-0.25, -0.2) is 0 Å². The first-order chi connectivity index (χ1) is 5.56. The maximum absolute atomic E-state index is 8.83. The van der Waals surface area contributed by atoms with E-state index in [4.69, 9.17) is 5.11 Å². The van der Waals surface area contributed by atoms with Gasteiger partial charge in [-0.1, -0.05) is 13.0 Å². The Morgan fingerprint density at radius 1 is 1.17 bits per heavy atom. The zero-order valence-electron chi connectivity index (χ0n) is 7.99. The van der Waals surface area contributed by atoms with E-state index >= 15 is 0 Å². The van der Waals surface area contributed by atoms with Gasteiger partial charge in [0.05, 0.1) is 5.60 Å². The highest BCUT2D eigenvalue weighted by atomic mass is 16.3. The van der Waals surface area contributed by atoms with Crippen LogP contribution >= 0.6 is 0 Å². The Hall–Kier alpha value is -0.890. The van der Waals surface area contributed by atoms with Gasteiger partial charge in [0.25, 0.3) is 0 Å². The quantitative estimate of drug-likeness (QED) is 0.696. The minimum atomic E-state index is -0.458. The van der Waals surface area contributed by atoms with Crippen molar-refractivity contribution in [3.05, 3.63) is 30.6 Å². The Kier molecular flexibility index (Phi) is 5.30. The Bertz CT molecular complexity index is 152. The van der Waals surface area contributed by atoms with Gasteiger partial charge in [0, 0.05) is 12.4 Å². The molecule has 2 heteroatoms. The summed E-state index contributed by atoms with van der Waals surface area (Å²) in [5, 5.41) is 8.83. The predicted octanol–water partition coefficient (Wildman–Crippen LogP) is 2.25. The zero-order chi connectivity index (χ0) is 9.45. The molecular weight excluding hydrogens is 150 g/mol. The van der Waals surface area contributed by atoms with Gasteiger partial charge in [-0.05, 0) is 32.4 Å². The van der Waals surface area contributed by atoms with Crippen LogP contribution in [0.3, 0.4) is 0 Å². The minimum Gasteiger partial charge on any atom is -0.390 e. The number of hydrogen-bond acceptors (Lipinski definition) is 2. The molecule has 0 spiro atoms. The standard InChI is InChI=1S/C5H5N.C5H12O/c1-2-4-6-5-3-1;1-4-5(2,3)6/h1-5H;6H,4H2,1-3H3. The summed E-state index contributed by atoms with van der Waals surface area (Å²) in [4.78, 5) is 3.78. The van der Waals surface area contributed by atoms with E-state index in [0.717, 1.165) is 6.42 Å². The topological polar surface area (TPSA) is 33.1 Å². The van der Waals surface area contributed by atoms with Crippen LogP contribution in [0.4, 0.5) is 0 Å². The molecule has 12 heavy (non-hydrogen) atoms. The van der Waals surface area contributed by atoms with Crippen molar-refractivity contribution in [3.63, 3.8) is 0 Å². The molecule has 0 aliphatic carbocycles. The smallest absolute Gasteiger partial charge is 0.0589 e. The average molecular weight is 167 g/mol. The van der Waals surface area contributed by atoms with Crippen LogP contribution in [0.15, 0.2) is 30.6 Å². The first kappa shape index (κ1) is 11.1. The molecule has 68 valence electrons. The second-order valence-electron chi connectivity index (χ2n) is 3.19. The molecule has 1 N–H and O–H groups in total. The maximum Gasteiger partial charge on any atom is 0.0589 e. The lowest BCUT2D eigenvalue weighted by molar-refractivity contribution is 0.0765. The third-order valence-corrected chi connectivity index (χ3v) is 1.43. The van der Waals surface area contributed by atoms with Crippen molar-refractivity contribution >= 4 is 0 Å². The van der Waals surface area contributed by atoms with Gasteiger partial charge in [-0.3, -0.25) is 4.98 Å². The number of aliphatic hydroxyl groups is 1. The summed E-state index contributed by atoms with van der Waals surface area (Å²) < 4.78 is 0. The molecule has 0 amide bonds. The van der Waals surface area contributed by atoms with Crippen LogP contribution in [0.1, 0.15) is 27.2 Å². The lowest BCUT2D eigenvalue weighted by Gasteiger charge is -2.11. The van der Waals surface area contributed by atoms with Crippen molar-refractivity contribution in [1.29, 1.82) is 0 Å². The van der Waals surface area contributed by atoms with Crippen LogP contribution in [0.25, 0.3) is 0 Å². The van der Waals surface area contributed by atoms with E-state index in [0.29, 0.717) is 0 Å². The SMILES string of the molecule is CCC(C)(C)O.c1ccncc1. The molecule has 0 fully saturated rings. The van der Waals surface area contributed by atoms with Gasteiger partial charge in [0.1, 0.15) is 0 Å². The van der Waals surface area contributed by atoms with Crippen LogP contribution in [0, 0.1) is 0 Å². The summed E-state index contributed by atoms with van der Waals surface area (Å²) in [5.74, 6) is 0. The van der Waals surface area contributed by atoms with Gasteiger partial charge in [0.2, 0.25) is 0 Å². The highest BCUT2D eigenvalue weighted by molar-refractivity contribution is 4.88. The van der Waals surface area contributed by atoms with Crippen molar-refractivity contribution in [2.75, 3.05) is 0 Å². The lowest BCUT2D eigenvalue weighted by Crippen LogP contribution is -2.15. The molecule has 1 aromatic heterocycles. The Morgan fingerprint density at radius 3 is 1.67 bits per heavy atom. The molecule has 0 radical (unpaired) electrons. The van der Waals surface area contributed by atoms with Crippen LogP contribution in [0.5, 0.6) is 0 Å². The largest absolute Gasteiger partial charge is 0.390 e. The van der Waals surface area contributed by atoms with Crippen molar-refractivity contribution in [3.8, 4) is 0 Å². The number of rotatable bonds is 1. The van der Waals surface area contributed by atoms with Crippen LogP contribution in [0.2, 0.25) is 0 Å². The summed E-state index contributed by atoms with van der Waals surface area (Å²) in [5.41, 5.74) is -0.458. The van der Waals surface area contributed by atoms with Gasteiger partial charge in [-0.2, -0.15) is 0 Å². The first-order valence-corrected chi connectivity index (χ1v) is 4.13. The third-order valence-electron chi connectivity index (χ3n) is 1.43. The Labute approximate surface area is 74.3 Å². The fraction of sp³-hybridized carbons (Fsp3) is 0.500. The molecule has 2 nitrogen and oxygen atoms in total. The molecule has 0 atom stereocenters. The summed E-state index contributed by atoms with van der Waals surface area (Å²) in [6.45, 7) is 5.56. The zero-order valence-corrected chi connectivity index (χ0v) is 7.99. The summed E-state index contributed by atoms with van der Waals surface area (Å²) >= 11 is 0. The molecular formula is C10H17NO. The Morgan fingerprint density at radius 2 is 1.58 bits per heavy atom. The fourth-order valence-electron chi connectivity index (χ4n) is 0.313. The highest BCUT2D eigenvalue weighted by Crippen LogP contribution is 2.03. The monoisotopic (exact) mass is 167 g/mol. The molecule has 1 aromatic rings. The van der Waals surface area contributed by atoms with Gasteiger partial charge < -0.3 is 5.11 Å². The normalized spacial score (nSPS) is 10.0. The molecule has 0 aliphatic rings. The molecule has 0 aromatic carbocycles. The maximum atomic E-state index is 8.83. The number of hydrogen-bond donors (Lipinski definition) is 1. The van der Waals surface area contributed by atoms with E-state index in [2.05, 4.69) is 4.98 Å². The molecule has 0 bridgehead atoms. The molecule has 1 rings (SSSR count). The van der Waals surface area contributed by atoms with Gasteiger partial charge in [-0.15, -0.1) is 0 Å². The van der Waals surface area contributed by atoms with Gasteiger partial charge in [0.15, 0.2) is 0 Å². The third kappa shape index (κ3) is 9.11. The number of aromatic nitrogens is 1. The molecule has 0 saturated heterocycles. The lowest BCUT2D eigenvalue weighted by atomic mass is 10.1. The minimum absolute atomic E-state index is 0.458. The van der Waals surface area contributed by atoms with Crippen molar-refractivity contribution in [2.45, 2.75) is 32.8 Å². The summed E-state index contributed by atoms with van der Waals surface area (Å²) in [7, 11) is 0. The van der Waals surface area contributed by atoms with Crippen molar-refractivity contribution < 1.29 is 5.11 Å². The predicted molar refractivity (Wildman–Crippen MR) is 50.8 cm³/mol. The van der Waals surface area contributed by atoms with Crippen LogP contribution in [-0.2, 0) is 0 Å². The van der Waals surface area contributed by atoms with E-state index in [9.17, 15) is 0 Å². The molecule has 0 saturated carbocycles. The van der Waals surface area contributed by atoms with Gasteiger partial charge >= 0.3 is 0 Å². The summed E-state index contributed by atoms with van der Waals surface area (Å²) in [6, 6.07) is 5.72. The molecule has 1 heterocycles. The van der Waals surface area contributed by atoms with Crippen molar-refractivity contribution in [1.82, 2.24) is 4.98 Å². The Balaban J connectivity index is 0.000000202. The van der Waals surface area contributed by atoms with Crippen LogP contribution < -0.4 is 0 Å². The first-order valence-electron chi connectivity index (χ1n) is 4.13. The number of pyridine rings is 1. The fourth-order valence-corrected chi connectivity index (χ4v) is 0.313. The average Bonchev–Trinajstić information content (AvgIpc) is 2.07.